The van der Waals surface area contributed by atoms with Gasteiger partial charge in [-0.05, 0) is 30.7 Å². The van der Waals surface area contributed by atoms with Crippen LogP contribution in [-0.2, 0) is 0 Å². The lowest BCUT2D eigenvalue weighted by atomic mass is 10.0. The van der Waals surface area contributed by atoms with Gasteiger partial charge in [0.15, 0.2) is 5.78 Å². The van der Waals surface area contributed by atoms with Gasteiger partial charge in [0.1, 0.15) is 18.5 Å². The largest absolute Gasteiger partial charge is 0.491 e. The molecule has 2 N–H and O–H groups in total. The third-order valence-electron chi connectivity index (χ3n) is 2.19. The number of aliphatic hydroxyl groups is 2. The highest BCUT2D eigenvalue weighted by molar-refractivity contribution is 5.99. The zero-order valence-corrected chi connectivity index (χ0v) is 9.22. The lowest BCUT2D eigenvalue weighted by Gasteiger charge is -2.08. The summed E-state index contributed by atoms with van der Waals surface area (Å²) in [5, 5.41) is 17.9. The first-order valence-corrected chi connectivity index (χ1v) is 5.25. The second-order valence-electron chi connectivity index (χ2n) is 3.38. The molecule has 0 aliphatic carbocycles. The third kappa shape index (κ3) is 3.32. The van der Waals surface area contributed by atoms with Gasteiger partial charge in [-0.3, -0.25) is 4.79 Å². The quantitative estimate of drug-likeness (QED) is 0.708. The van der Waals surface area contributed by atoms with Crippen LogP contribution in [-0.4, -0.2) is 35.3 Å². The molecule has 1 unspecified atom stereocenters. The fourth-order valence-electron chi connectivity index (χ4n) is 1.26. The van der Waals surface area contributed by atoms with Crippen molar-refractivity contribution in [1.29, 1.82) is 0 Å². The maximum absolute atomic E-state index is 11.6. The molecule has 0 heterocycles. The smallest absolute Gasteiger partial charge is 0.191 e. The van der Waals surface area contributed by atoms with Gasteiger partial charge in [0.2, 0.25) is 0 Å². The van der Waals surface area contributed by atoms with Crippen molar-refractivity contribution in [3.8, 4) is 5.75 Å². The number of carbonyl (C=O) groups excluding carboxylic acids is 1. The molecule has 0 aromatic heterocycles. The van der Waals surface area contributed by atoms with Crippen molar-refractivity contribution in [1.82, 2.24) is 0 Å². The van der Waals surface area contributed by atoms with E-state index < -0.39 is 6.10 Å². The number of benzene rings is 1. The lowest BCUT2D eigenvalue weighted by molar-refractivity contribution is 0.0740. The highest BCUT2D eigenvalue weighted by Gasteiger charge is 2.14. The molecule has 0 bridgehead atoms. The molecule has 1 aromatic rings. The number of ether oxygens (including phenoxy) is 1. The molecule has 16 heavy (non-hydrogen) atoms. The summed E-state index contributed by atoms with van der Waals surface area (Å²) in [5.41, 5.74) is 0.464. The van der Waals surface area contributed by atoms with Gasteiger partial charge in [-0.25, -0.2) is 0 Å². The predicted molar refractivity (Wildman–Crippen MR) is 59.7 cm³/mol. The van der Waals surface area contributed by atoms with Gasteiger partial charge in [0.05, 0.1) is 6.61 Å². The summed E-state index contributed by atoms with van der Waals surface area (Å²) in [4.78, 5) is 11.6. The maximum Gasteiger partial charge on any atom is 0.191 e. The van der Waals surface area contributed by atoms with Crippen LogP contribution < -0.4 is 4.74 Å². The second-order valence-corrected chi connectivity index (χ2v) is 3.38. The van der Waals surface area contributed by atoms with E-state index in [1.807, 2.05) is 0 Å². The minimum Gasteiger partial charge on any atom is -0.491 e. The molecule has 1 aromatic carbocycles. The van der Waals surface area contributed by atoms with Crippen molar-refractivity contribution >= 4 is 5.78 Å². The minimum atomic E-state index is -0.941. The van der Waals surface area contributed by atoms with E-state index in [4.69, 9.17) is 9.84 Å². The Balaban J connectivity index is 2.67. The molecule has 0 fully saturated rings. The first kappa shape index (κ1) is 12.7. The summed E-state index contributed by atoms with van der Waals surface area (Å²) >= 11 is 0. The van der Waals surface area contributed by atoms with E-state index in [9.17, 15) is 9.90 Å². The average Bonchev–Trinajstić information content (AvgIpc) is 2.35. The zero-order chi connectivity index (χ0) is 12.0. The minimum absolute atomic E-state index is 0.0464. The summed E-state index contributed by atoms with van der Waals surface area (Å²) in [6, 6.07) is 6.50. The topological polar surface area (TPSA) is 66.8 Å². The molecule has 4 nitrogen and oxygen atoms in total. The van der Waals surface area contributed by atoms with Gasteiger partial charge in [-0.15, -0.1) is 0 Å². The van der Waals surface area contributed by atoms with Crippen molar-refractivity contribution < 1.29 is 19.7 Å². The number of hydrogen-bond donors (Lipinski definition) is 2. The van der Waals surface area contributed by atoms with Crippen molar-refractivity contribution in [2.75, 3.05) is 13.2 Å². The number of aliphatic hydroxyl groups excluding tert-OH is 2. The first-order chi connectivity index (χ1) is 7.69. The van der Waals surface area contributed by atoms with Crippen LogP contribution >= 0.6 is 0 Å². The summed E-state index contributed by atoms with van der Waals surface area (Å²) in [7, 11) is 0. The molecule has 0 saturated heterocycles. The molecule has 0 aliphatic heterocycles. The molecule has 4 heteroatoms. The highest BCUT2D eigenvalue weighted by Crippen LogP contribution is 2.14. The summed E-state index contributed by atoms with van der Waals surface area (Å²) in [6.07, 6.45) is -0.536. The van der Waals surface area contributed by atoms with Crippen LogP contribution in [0.2, 0.25) is 0 Å². The van der Waals surface area contributed by atoms with Crippen molar-refractivity contribution in [3.05, 3.63) is 29.8 Å². The van der Waals surface area contributed by atoms with Crippen LogP contribution in [0.4, 0.5) is 0 Å². The van der Waals surface area contributed by atoms with Crippen molar-refractivity contribution in [2.45, 2.75) is 19.4 Å². The Labute approximate surface area is 94.5 Å². The molecule has 88 valence electrons. The van der Waals surface area contributed by atoms with Gasteiger partial charge in [-0.1, -0.05) is 6.92 Å². The highest BCUT2D eigenvalue weighted by atomic mass is 16.5. The standard InChI is InChI=1S/C12H16O4/c1-2-11(14)12(15)9-3-5-10(6-4-9)16-8-7-13/h3-6,11,13-14H,2,7-8H2,1H3. The Morgan fingerprint density at radius 1 is 1.38 bits per heavy atom. The van der Waals surface area contributed by atoms with Crippen molar-refractivity contribution in [3.63, 3.8) is 0 Å². The van der Waals surface area contributed by atoms with Gasteiger partial charge in [-0.2, -0.15) is 0 Å². The molecule has 0 amide bonds. The number of Topliss-reactive ketones (excluding diaryl/α,β-unsaturated/α-hetero) is 1. The predicted octanol–water partition coefficient (Wildman–Crippen LogP) is 1.01. The molecule has 0 aliphatic rings. The van der Waals surface area contributed by atoms with E-state index in [-0.39, 0.29) is 19.0 Å². The Kier molecular flexibility index (Phi) is 4.95. The fraction of sp³-hybridized carbons (Fsp3) is 0.417. The van der Waals surface area contributed by atoms with E-state index in [1.165, 1.54) is 0 Å². The number of ketones is 1. The third-order valence-corrected chi connectivity index (χ3v) is 2.19. The number of rotatable bonds is 6. The van der Waals surface area contributed by atoms with Crippen LogP contribution in [0.15, 0.2) is 24.3 Å². The molecular weight excluding hydrogens is 208 g/mol. The zero-order valence-electron chi connectivity index (χ0n) is 9.22. The van der Waals surface area contributed by atoms with Gasteiger partial charge in [0, 0.05) is 5.56 Å². The maximum atomic E-state index is 11.6. The van der Waals surface area contributed by atoms with E-state index in [0.29, 0.717) is 17.7 Å². The summed E-state index contributed by atoms with van der Waals surface area (Å²) < 4.78 is 5.15. The normalized spacial score (nSPS) is 12.2. The summed E-state index contributed by atoms with van der Waals surface area (Å²) in [5.74, 6) is 0.313. The summed E-state index contributed by atoms with van der Waals surface area (Å²) in [6.45, 7) is 1.93. The molecule has 0 spiro atoms. The molecular formula is C12H16O4. The number of carbonyl (C=O) groups is 1. The van der Waals surface area contributed by atoms with Crippen LogP contribution in [0, 0.1) is 0 Å². The Morgan fingerprint density at radius 2 is 2.00 bits per heavy atom. The Hall–Kier alpha value is -1.39. The molecule has 0 radical (unpaired) electrons. The molecule has 1 rings (SSSR count). The fourth-order valence-corrected chi connectivity index (χ4v) is 1.26. The molecule has 0 saturated carbocycles. The SMILES string of the molecule is CCC(O)C(=O)c1ccc(OCCO)cc1. The van der Waals surface area contributed by atoms with Gasteiger partial charge in [0.25, 0.3) is 0 Å². The van der Waals surface area contributed by atoms with E-state index >= 15 is 0 Å². The average molecular weight is 224 g/mol. The van der Waals surface area contributed by atoms with E-state index in [2.05, 4.69) is 0 Å². The van der Waals surface area contributed by atoms with Crippen LogP contribution in [0.1, 0.15) is 23.7 Å². The monoisotopic (exact) mass is 224 g/mol. The van der Waals surface area contributed by atoms with E-state index in [1.54, 1.807) is 31.2 Å². The van der Waals surface area contributed by atoms with Crippen LogP contribution in [0.5, 0.6) is 5.75 Å². The lowest BCUT2D eigenvalue weighted by Crippen LogP contribution is -2.19. The van der Waals surface area contributed by atoms with Crippen molar-refractivity contribution in [2.24, 2.45) is 0 Å². The van der Waals surface area contributed by atoms with Gasteiger partial charge >= 0.3 is 0 Å². The van der Waals surface area contributed by atoms with Crippen LogP contribution in [0.3, 0.4) is 0 Å². The second kappa shape index (κ2) is 6.25. The first-order valence-electron chi connectivity index (χ1n) is 5.25. The van der Waals surface area contributed by atoms with Crippen LogP contribution in [0.25, 0.3) is 0 Å². The number of hydrogen-bond acceptors (Lipinski definition) is 4. The van der Waals surface area contributed by atoms with Gasteiger partial charge < -0.3 is 14.9 Å². The Morgan fingerprint density at radius 3 is 2.50 bits per heavy atom. The Bertz CT molecular complexity index is 331. The van der Waals surface area contributed by atoms with E-state index in [0.717, 1.165) is 0 Å². The molecule has 1 atom stereocenters.